The van der Waals surface area contributed by atoms with Gasteiger partial charge in [-0.2, -0.15) is 18.3 Å². The van der Waals surface area contributed by atoms with Crippen molar-refractivity contribution in [3.05, 3.63) is 77.7 Å². The van der Waals surface area contributed by atoms with Gasteiger partial charge in [0.25, 0.3) is 0 Å². The molecule has 0 amide bonds. The minimum Gasteiger partial charge on any atom is -0.261 e. The monoisotopic (exact) mass is 360 g/mol. The number of nitrogens with one attached hydrogen (secondary N) is 1. The average molecular weight is 360 g/mol. The highest BCUT2D eigenvalue weighted by Crippen LogP contribution is 2.30. The van der Waals surface area contributed by atoms with Gasteiger partial charge in [0.05, 0.1) is 6.21 Å². The van der Waals surface area contributed by atoms with Crippen molar-refractivity contribution in [1.29, 1.82) is 0 Å². The van der Waals surface area contributed by atoms with E-state index in [1.54, 1.807) is 36.4 Å². The van der Waals surface area contributed by atoms with Crippen molar-refractivity contribution < 1.29 is 17.6 Å². The van der Waals surface area contributed by atoms with Crippen molar-refractivity contribution in [2.75, 3.05) is 5.43 Å². The third-order valence-electron chi connectivity index (χ3n) is 3.29. The zero-order chi connectivity index (χ0) is 18.6. The molecule has 0 saturated carbocycles. The molecule has 3 aromatic rings. The number of hydrogen-bond donors (Lipinski definition) is 1. The van der Waals surface area contributed by atoms with Crippen LogP contribution < -0.4 is 5.43 Å². The fourth-order valence-corrected chi connectivity index (χ4v) is 2.13. The Labute approximate surface area is 146 Å². The lowest BCUT2D eigenvalue weighted by molar-refractivity contribution is -0.141. The molecule has 0 saturated heterocycles. The number of hydrazone groups is 1. The number of halogens is 4. The Kier molecular flexibility index (Phi) is 4.92. The smallest absolute Gasteiger partial charge is 0.261 e. The van der Waals surface area contributed by atoms with Crippen LogP contribution in [0.25, 0.3) is 11.4 Å². The van der Waals surface area contributed by atoms with Gasteiger partial charge in [0.2, 0.25) is 0 Å². The minimum absolute atomic E-state index is 0.0797. The van der Waals surface area contributed by atoms with Crippen molar-refractivity contribution in [2.24, 2.45) is 5.10 Å². The summed E-state index contributed by atoms with van der Waals surface area (Å²) in [5, 5.41) is 3.81. The maximum absolute atomic E-state index is 13.1. The average Bonchev–Trinajstić information content (AvgIpc) is 2.62. The maximum atomic E-state index is 13.1. The fraction of sp³-hybridized carbons (Fsp3) is 0.0556. The van der Waals surface area contributed by atoms with E-state index in [9.17, 15) is 17.6 Å². The van der Waals surface area contributed by atoms with Gasteiger partial charge in [-0.1, -0.05) is 42.5 Å². The minimum atomic E-state index is -4.63. The van der Waals surface area contributed by atoms with Gasteiger partial charge in [-0.05, 0) is 17.7 Å². The first-order valence-corrected chi connectivity index (χ1v) is 7.48. The van der Waals surface area contributed by atoms with Crippen LogP contribution in [0.4, 0.5) is 23.4 Å². The summed E-state index contributed by atoms with van der Waals surface area (Å²) in [5.41, 5.74) is 2.23. The Morgan fingerprint density at radius 2 is 1.69 bits per heavy atom. The Hall–Kier alpha value is -3.29. The van der Waals surface area contributed by atoms with E-state index in [4.69, 9.17) is 0 Å². The van der Waals surface area contributed by atoms with Gasteiger partial charge in [0.1, 0.15) is 5.82 Å². The summed E-state index contributed by atoms with van der Waals surface area (Å²) in [6.45, 7) is 0. The molecular weight excluding hydrogens is 348 g/mol. The van der Waals surface area contributed by atoms with E-state index >= 15 is 0 Å². The lowest BCUT2D eigenvalue weighted by Gasteiger charge is -2.10. The molecule has 3 rings (SSSR count). The van der Waals surface area contributed by atoms with Gasteiger partial charge < -0.3 is 0 Å². The second-order valence-corrected chi connectivity index (χ2v) is 5.25. The Morgan fingerprint density at radius 1 is 0.923 bits per heavy atom. The van der Waals surface area contributed by atoms with Crippen molar-refractivity contribution in [2.45, 2.75) is 6.18 Å². The molecule has 0 fully saturated rings. The van der Waals surface area contributed by atoms with Crippen LogP contribution in [0.15, 0.2) is 65.8 Å². The van der Waals surface area contributed by atoms with Crippen molar-refractivity contribution in [3.8, 4) is 11.4 Å². The quantitative estimate of drug-likeness (QED) is 0.415. The van der Waals surface area contributed by atoms with E-state index in [-0.39, 0.29) is 11.6 Å². The first-order chi connectivity index (χ1) is 12.4. The summed E-state index contributed by atoms with van der Waals surface area (Å²) < 4.78 is 52.4. The Balaban J connectivity index is 1.91. The third-order valence-corrected chi connectivity index (χ3v) is 3.29. The zero-order valence-electron chi connectivity index (χ0n) is 13.2. The summed E-state index contributed by atoms with van der Waals surface area (Å²) in [7, 11) is 0. The topological polar surface area (TPSA) is 50.2 Å². The molecule has 1 heterocycles. The molecule has 2 aromatic carbocycles. The van der Waals surface area contributed by atoms with Gasteiger partial charge in [0.15, 0.2) is 17.3 Å². The number of rotatable bonds is 4. The third kappa shape index (κ3) is 4.41. The second-order valence-electron chi connectivity index (χ2n) is 5.25. The molecule has 0 atom stereocenters. The van der Waals surface area contributed by atoms with E-state index in [0.717, 1.165) is 6.07 Å². The molecule has 0 spiro atoms. The van der Waals surface area contributed by atoms with E-state index < -0.39 is 17.7 Å². The highest BCUT2D eigenvalue weighted by Gasteiger charge is 2.33. The van der Waals surface area contributed by atoms with Gasteiger partial charge in [0, 0.05) is 11.6 Å². The molecule has 0 aliphatic rings. The van der Waals surface area contributed by atoms with E-state index in [2.05, 4.69) is 20.5 Å². The van der Waals surface area contributed by atoms with Gasteiger partial charge >= 0.3 is 6.18 Å². The van der Waals surface area contributed by atoms with E-state index in [1.165, 1.54) is 24.4 Å². The van der Waals surface area contributed by atoms with Crippen LogP contribution in [0.3, 0.4) is 0 Å². The molecular formula is C18H12F4N4. The summed E-state index contributed by atoms with van der Waals surface area (Å²) in [6.07, 6.45) is -3.35. The number of alkyl halides is 3. The van der Waals surface area contributed by atoms with E-state index in [0.29, 0.717) is 11.1 Å². The van der Waals surface area contributed by atoms with Gasteiger partial charge in [-0.3, -0.25) is 5.43 Å². The van der Waals surface area contributed by atoms with Crippen LogP contribution in [-0.4, -0.2) is 16.2 Å². The number of benzene rings is 2. The molecule has 0 aliphatic carbocycles. The highest BCUT2D eigenvalue weighted by molar-refractivity contribution is 5.80. The normalized spacial score (nSPS) is 11.7. The van der Waals surface area contributed by atoms with Gasteiger partial charge in [-0.15, -0.1) is 0 Å². The fourth-order valence-electron chi connectivity index (χ4n) is 2.13. The zero-order valence-corrected chi connectivity index (χ0v) is 13.2. The summed E-state index contributed by atoms with van der Waals surface area (Å²) in [4.78, 5) is 7.63. The molecule has 1 aromatic heterocycles. The summed E-state index contributed by atoms with van der Waals surface area (Å²) in [6, 6.07) is 14.7. The molecule has 8 heteroatoms. The molecule has 0 aliphatic heterocycles. The SMILES string of the molecule is Fc1cccc(/C=N\Nc2cc(C(F)(F)F)nc(-c3ccccc3)n2)c1. The van der Waals surface area contributed by atoms with Crippen LogP contribution >= 0.6 is 0 Å². The van der Waals surface area contributed by atoms with Crippen molar-refractivity contribution in [1.82, 2.24) is 9.97 Å². The lowest BCUT2D eigenvalue weighted by Crippen LogP contribution is -2.11. The second kappa shape index (κ2) is 7.30. The highest BCUT2D eigenvalue weighted by atomic mass is 19.4. The van der Waals surface area contributed by atoms with Crippen molar-refractivity contribution >= 4 is 12.0 Å². The predicted molar refractivity (Wildman–Crippen MR) is 90.1 cm³/mol. The number of aromatic nitrogens is 2. The first kappa shape index (κ1) is 17.5. The molecule has 0 bridgehead atoms. The molecule has 0 radical (unpaired) electrons. The largest absolute Gasteiger partial charge is 0.433 e. The van der Waals surface area contributed by atoms with Crippen LogP contribution in [0.5, 0.6) is 0 Å². The van der Waals surface area contributed by atoms with Crippen LogP contribution in [-0.2, 0) is 6.18 Å². The van der Waals surface area contributed by atoms with Crippen LogP contribution in [0.2, 0.25) is 0 Å². The molecule has 26 heavy (non-hydrogen) atoms. The standard InChI is InChI=1S/C18H12F4N4/c19-14-8-4-5-12(9-14)11-23-26-16-10-15(18(20,21)22)24-17(25-16)13-6-2-1-3-7-13/h1-11H,(H,24,25,26)/b23-11-. The lowest BCUT2D eigenvalue weighted by atomic mass is 10.2. The first-order valence-electron chi connectivity index (χ1n) is 7.48. The maximum Gasteiger partial charge on any atom is 0.433 e. The Bertz CT molecular complexity index is 924. The predicted octanol–water partition coefficient (Wildman–Crippen LogP) is 4.75. The molecule has 132 valence electrons. The van der Waals surface area contributed by atoms with E-state index in [1.807, 2.05) is 0 Å². The number of nitrogens with zero attached hydrogens (tertiary/aromatic N) is 3. The molecule has 0 unspecified atom stereocenters. The summed E-state index contributed by atoms with van der Waals surface area (Å²) in [5.74, 6) is -0.649. The molecule has 1 N–H and O–H groups in total. The van der Waals surface area contributed by atoms with Crippen LogP contribution in [0.1, 0.15) is 11.3 Å². The van der Waals surface area contributed by atoms with Gasteiger partial charge in [-0.25, -0.2) is 14.4 Å². The molecule has 4 nitrogen and oxygen atoms in total. The Morgan fingerprint density at radius 3 is 2.38 bits per heavy atom. The number of hydrogen-bond acceptors (Lipinski definition) is 4. The summed E-state index contributed by atoms with van der Waals surface area (Å²) >= 11 is 0. The number of anilines is 1. The van der Waals surface area contributed by atoms with Crippen LogP contribution in [0, 0.1) is 5.82 Å². The van der Waals surface area contributed by atoms with Crippen molar-refractivity contribution in [3.63, 3.8) is 0 Å².